The minimum atomic E-state index is 0.223. The Kier molecular flexibility index (Phi) is 3.78. The van der Waals surface area contributed by atoms with Crippen LogP contribution >= 0.6 is 0 Å². The highest BCUT2D eigenvalue weighted by atomic mass is 16.5. The van der Waals surface area contributed by atoms with Gasteiger partial charge in [0.15, 0.2) is 0 Å². The molecule has 0 amide bonds. The van der Waals surface area contributed by atoms with Crippen LogP contribution in [0.1, 0.15) is 26.1 Å². The smallest absolute Gasteiger partial charge is 0.218 e. The van der Waals surface area contributed by atoms with Gasteiger partial charge in [0, 0.05) is 12.7 Å². The third-order valence-corrected chi connectivity index (χ3v) is 2.82. The van der Waals surface area contributed by atoms with E-state index in [4.69, 9.17) is 9.47 Å². The van der Waals surface area contributed by atoms with Gasteiger partial charge >= 0.3 is 0 Å². The van der Waals surface area contributed by atoms with Crippen LogP contribution in [0.5, 0.6) is 5.88 Å². The van der Waals surface area contributed by atoms with Crippen LogP contribution in [0.4, 0.5) is 5.82 Å². The molecule has 1 fully saturated rings. The normalized spacial score (nSPS) is 23.7. The number of aryl methyl sites for hydroxylation is 1. The van der Waals surface area contributed by atoms with Gasteiger partial charge in [-0.3, -0.25) is 0 Å². The second kappa shape index (κ2) is 5.31. The van der Waals surface area contributed by atoms with Crippen molar-refractivity contribution in [2.45, 2.75) is 39.3 Å². The van der Waals surface area contributed by atoms with Crippen LogP contribution < -0.4 is 10.1 Å². The Morgan fingerprint density at radius 1 is 1.53 bits per heavy atom. The first kappa shape index (κ1) is 12.1. The van der Waals surface area contributed by atoms with Crippen molar-refractivity contribution in [3.8, 4) is 5.88 Å². The first-order chi connectivity index (χ1) is 8.19. The molecular formula is C12H19N3O2. The number of nitrogens with zero attached hydrogens (tertiary/aromatic N) is 2. The number of aromatic nitrogens is 2. The maximum atomic E-state index is 5.51. The van der Waals surface area contributed by atoms with Crippen LogP contribution in [0, 0.1) is 6.92 Å². The molecule has 1 aromatic heterocycles. The Morgan fingerprint density at radius 3 is 3.00 bits per heavy atom. The van der Waals surface area contributed by atoms with Gasteiger partial charge in [0.1, 0.15) is 11.6 Å². The molecule has 0 saturated carbocycles. The first-order valence-corrected chi connectivity index (χ1v) is 6.05. The summed E-state index contributed by atoms with van der Waals surface area (Å²) in [7, 11) is 0. The van der Waals surface area contributed by atoms with E-state index in [2.05, 4.69) is 22.2 Å². The molecule has 0 aromatic carbocycles. The molecule has 94 valence electrons. The van der Waals surface area contributed by atoms with Gasteiger partial charge in [0.05, 0.1) is 18.8 Å². The van der Waals surface area contributed by atoms with Gasteiger partial charge in [-0.2, -0.15) is 4.98 Å². The second-order valence-electron chi connectivity index (χ2n) is 4.19. The zero-order valence-electron chi connectivity index (χ0n) is 10.6. The van der Waals surface area contributed by atoms with E-state index in [1.807, 2.05) is 19.9 Å². The Bertz CT molecular complexity index is 384. The van der Waals surface area contributed by atoms with Gasteiger partial charge < -0.3 is 14.8 Å². The second-order valence-corrected chi connectivity index (χ2v) is 4.19. The van der Waals surface area contributed by atoms with Crippen molar-refractivity contribution in [1.29, 1.82) is 0 Å². The standard InChI is InChI=1S/C12H19N3O2/c1-4-16-12-7-11(13-9(3)14-12)15-10-5-6-17-8(10)2/h7-8,10H,4-6H2,1-3H3,(H,13,14,15). The van der Waals surface area contributed by atoms with Crippen LogP contribution in [-0.2, 0) is 4.74 Å². The van der Waals surface area contributed by atoms with Crippen molar-refractivity contribution in [2.75, 3.05) is 18.5 Å². The van der Waals surface area contributed by atoms with E-state index >= 15 is 0 Å². The van der Waals surface area contributed by atoms with Gasteiger partial charge in [-0.1, -0.05) is 0 Å². The summed E-state index contributed by atoms with van der Waals surface area (Å²) >= 11 is 0. The third kappa shape index (κ3) is 3.06. The summed E-state index contributed by atoms with van der Waals surface area (Å²) in [6.07, 6.45) is 1.23. The van der Waals surface area contributed by atoms with Gasteiger partial charge in [0.2, 0.25) is 5.88 Å². The number of hydrogen-bond donors (Lipinski definition) is 1. The average Bonchev–Trinajstić information content (AvgIpc) is 2.64. The van der Waals surface area contributed by atoms with Crippen LogP contribution in [0.2, 0.25) is 0 Å². The molecule has 0 spiro atoms. The molecule has 2 rings (SSSR count). The number of nitrogens with one attached hydrogen (secondary N) is 1. The summed E-state index contributed by atoms with van der Waals surface area (Å²) in [5, 5.41) is 3.37. The van der Waals surface area contributed by atoms with E-state index in [1.165, 1.54) is 0 Å². The summed E-state index contributed by atoms with van der Waals surface area (Å²) in [6, 6.07) is 2.15. The van der Waals surface area contributed by atoms with Gasteiger partial charge in [-0.05, 0) is 27.2 Å². The maximum absolute atomic E-state index is 5.51. The highest BCUT2D eigenvalue weighted by molar-refractivity contribution is 5.39. The predicted molar refractivity (Wildman–Crippen MR) is 65.4 cm³/mol. The highest BCUT2D eigenvalue weighted by Gasteiger charge is 2.24. The molecular weight excluding hydrogens is 218 g/mol. The van der Waals surface area contributed by atoms with E-state index in [9.17, 15) is 0 Å². The summed E-state index contributed by atoms with van der Waals surface area (Å²) in [5.74, 6) is 2.14. The van der Waals surface area contributed by atoms with Crippen molar-refractivity contribution >= 4 is 5.82 Å². The molecule has 5 nitrogen and oxygen atoms in total. The molecule has 1 N–H and O–H groups in total. The lowest BCUT2D eigenvalue weighted by atomic mass is 10.1. The molecule has 5 heteroatoms. The fourth-order valence-electron chi connectivity index (χ4n) is 1.95. The minimum absolute atomic E-state index is 0.223. The number of anilines is 1. The molecule has 1 saturated heterocycles. The Balaban J connectivity index is 2.09. The average molecular weight is 237 g/mol. The highest BCUT2D eigenvalue weighted by Crippen LogP contribution is 2.20. The monoisotopic (exact) mass is 237 g/mol. The van der Waals surface area contributed by atoms with Crippen LogP contribution in [0.15, 0.2) is 6.07 Å². The first-order valence-electron chi connectivity index (χ1n) is 6.05. The van der Waals surface area contributed by atoms with Gasteiger partial charge in [0.25, 0.3) is 0 Å². The Hall–Kier alpha value is -1.36. The largest absolute Gasteiger partial charge is 0.478 e. The number of ether oxygens (including phenoxy) is 2. The lowest BCUT2D eigenvalue weighted by Gasteiger charge is -2.17. The molecule has 1 aliphatic heterocycles. The molecule has 17 heavy (non-hydrogen) atoms. The molecule has 2 heterocycles. The Labute approximate surface area is 102 Å². The zero-order chi connectivity index (χ0) is 12.3. The van der Waals surface area contributed by atoms with Crippen molar-refractivity contribution in [1.82, 2.24) is 9.97 Å². The molecule has 2 atom stereocenters. The van der Waals surface area contributed by atoms with Crippen molar-refractivity contribution in [2.24, 2.45) is 0 Å². The summed E-state index contributed by atoms with van der Waals surface area (Å²) in [5.41, 5.74) is 0. The van der Waals surface area contributed by atoms with Crippen molar-refractivity contribution in [3.63, 3.8) is 0 Å². The van der Waals surface area contributed by atoms with Crippen molar-refractivity contribution < 1.29 is 9.47 Å². The maximum Gasteiger partial charge on any atom is 0.218 e. The molecule has 0 aliphatic carbocycles. The van der Waals surface area contributed by atoms with E-state index in [0.29, 0.717) is 24.4 Å². The fraction of sp³-hybridized carbons (Fsp3) is 0.667. The number of hydrogen-bond acceptors (Lipinski definition) is 5. The molecule has 1 aromatic rings. The predicted octanol–water partition coefficient (Wildman–Crippen LogP) is 1.77. The summed E-state index contributed by atoms with van der Waals surface area (Å²) in [4.78, 5) is 8.57. The Morgan fingerprint density at radius 2 is 2.35 bits per heavy atom. The molecule has 0 radical (unpaired) electrons. The summed E-state index contributed by atoms with van der Waals surface area (Å²) < 4.78 is 10.9. The van der Waals surface area contributed by atoms with E-state index in [-0.39, 0.29) is 6.10 Å². The quantitative estimate of drug-likeness (QED) is 0.865. The van der Waals surface area contributed by atoms with E-state index in [1.54, 1.807) is 0 Å². The van der Waals surface area contributed by atoms with Crippen LogP contribution in [-0.4, -0.2) is 35.3 Å². The molecule has 0 bridgehead atoms. The lowest BCUT2D eigenvalue weighted by Crippen LogP contribution is -2.27. The summed E-state index contributed by atoms with van der Waals surface area (Å²) in [6.45, 7) is 7.29. The molecule has 1 aliphatic rings. The lowest BCUT2D eigenvalue weighted by molar-refractivity contribution is 0.121. The van der Waals surface area contributed by atoms with Crippen LogP contribution in [0.3, 0.4) is 0 Å². The molecule has 2 unspecified atom stereocenters. The van der Waals surface area contributed by atoms with Gasteiger partial charge in [-0.25, -0.2) is 4.98 Å². The van der Waals surface area contributed by atoms with E-state index in [0.717, 1.165) is 18.8 Å². The minimum Gasteiger partial charge on any atom is -0.478 e. The van der Waals surface area contributed by atoms with Crippen molar-refractivity contribution in [3.05, 3.63) is 11.9 Å². The topological polar surface area (TPSA) is 56.3 Å². The van der Waals surface area contributed by atoms with Gasteiger partial charge in [-0.15, -0.1) is 0 Å². The number of rotatable bonds is 4. The fourth-order valence-corrected chi connectivity index (χ4v) is 1.95. The third-order valence-electron chi connectivity index (χ3n) is 2.82. The zero-order valence-corrected chi connectivity index (χ0v) is 10.6. The van der Waals surface area contributed by atoms with E-state index < -0.39 is 0 Å². The SMILES string of the molecule is CCOc1cc(NC2CCOC2C)nc(C)n1. The van der Waals surface area contributed by atoms with Crippen LogP contribution in [0.25, 0.3) is 0 Å².